The van der Waals surface area contributed by atoms with Crippen LogP contribution in [0.1, 0.15) is 18.4 Å². The van der Waals surface area contributed by atoms with Gasteiger partial charge in [0.2, 0.25) is 5.91 Å². The van der Waals surface area contributed by atoms with Crippen LogP contribution in [-0.2, 0) is 20.7 Å². The van der Waals surface area contributed by atoms with Gasteiger partial charge < -0.3 is 15.0 Å². The number of aryl methyl sites for hydroxylation is 1. The van der Waals surface area contributed by atoms with E-state index in [0.29, 0.717) is 25.9 Å². The van der Waals surface area contributed by atoms with E-state index in [4.69, 9.17) is 4.74 Å². The lowest BCUT2D eigenvalue weighted by molar-refractivity contribution is -0.141. The van der Waals surface area contributed by atoms with Crippen LogP contribution in [0.25, 0.3) is 10.9 Å². The smallest absolute Gasteiger partial charge is 0.328 e. The SMILES string of the molecule is O=C(CCc1c[nH]c2ccccc12)NC1CCOC1=O. The molecule has 5 heteroatoms. The van der Waals surface area contributed by atoms with Crippen LogP contribution in [0.3, 0.4) is 0 Å². The minimum Gasteiger partial charge on any atom is -0.464 e. The van der Waals surface area contributed by atoms with E-state index in [1.807, 2.05) is 30.5 Å². The number of esters is 1. The first-order chi connectivity index (χ1) is 9.74. The molecule has 1 aromatic carbocycles. The molecule has 1 saturated heterocycles. The standard InChI is InChI=1S/C15H16N2O3/c18-14(17-13-7-8-20-15(13)19)6-5-10-9-16-12-4-2-1-3-11(10)12/h1-4,9,13,16H,5-8H2,(H,17,18). The molecule has 1 aliphatic rings. The Balaban J connectivity index is 1.59. The van der Waals surface area contributed by atoms with Gasteiger partial charge in [0.1, 0.15) is 6.04 Å². The van der Waals surface area contributed by atoms with Crippen molar-refractivity contribution in [3.8, 4) is 0 Å². The molecule has 1 atom stereocenters. The summed E-state index contributed by atoms with van der Waals surface area (Å²) in [5, 5.41) is 3.85. The Morgan fingerprint density at radius 3 is 3.05 bits per heavy atom. The summed E-state index contributed by atoms with van der Waals surface area (Å²) in [6.07, 6.45) is 3.52. The summed E-state index contributed by atoms with van der Waals surface area (Å²) >= 11 is 0. The Labute approximate surface area is 116 Å². The van der Waals surface area contributed by atoms with E-state index in [1.54, 1.807) is 0 Å². The van der Waals surface area contributed by atoms with Gasteiger partial charge in [0.15, 0.2) is 0 Å². The largest absolute Gasteiger partial charge is 0.464 e. The average molecular weight is 272 g/mol. The Morgan fingerprint density at radius 2 is 2.25 bits per heavy atom. The van der Waals surface area contributed by atoms with E-state index in [9.17, 15) is 9.59 Å². The molecule has 1 aromatic heterocycles. The normalized spacial score (nSPS) is 18.2. The van der Waals surface area contributed by atoms with Crippen molar-refractivity contribution < 1.29 is 14.3 Å². The molecule has 2 aromatic rings. The number of rotatable bonds is 4. The number of fused-ring (bicyclic) bond motifs is 1. The summed E-state index contributed by atoms with van der Waals surface area (Å²) in [7, 11) is 0. The number of hydrogen-bond acceptors (Lipinski definition) is 3. The number of carbonyl (C=O) groups is 2. The highest BCUT2D eigenvalue weighted by atomic mass is 16.5. The monoisotopic (exact) mass is 272 g/mol. The van der Waals surface area contributed by atoms with Crippen LogP contribution in [0.2, 0.25) is 0 Å². The lowest BCUT2D eigenvalue weighted by Crippen LogP contribution is -2.37. The molecular weight excluding hydrogens is 256 g/mol. The van der Waals surface area contributed by atoms with Crippen LogP contribution in [-0.4, -0.2) is 29.5 Å². The third-order valence-electron chi connectivity index (χ3n) is 3.57. The number of cyclic esters (lactones) is 1. The summed E-state index contributed by atoms with van der Waals surface area (Å²) in [4.78, 5) is 26.3. The molecule has 3 rings (SSSR count). The zero-order valence-corrected chi connectivity index (χ0v) is 11.0. The van der Waals surface area contributed by atoms with E-state index in [1.165, 1.54) is 0 Å². The van der Waals surface area contributed by atoms with E-state index >= 15 is 0 Å². The van der Waals surface area contributed by atoms with Gasteiger partial charge in [-0.25, -0.2) is 4.79 Å². The Kier molecular flexibility index (Phi) is 3.41. The molecule has 5 nitrogen and oxygen atoms in total. The highest BCUT2D eigenvalue weighted by molar-refractivity contribution is 5.86. The fraction of sp³-hybridized carbons (Fsp3) is 0.333. The summed E-state index contributed by atoms with van der Waals surface area (Å²) in [6.45, 7) is 0.395. The van der Waals surface area contributed by atoms with Crippen molar-refractivity contribution in [2.45, 2.75) is 25.3 Å². The van der Waals surface area contributed by atoms with Gasteiger partial charge in [-0.15, -0.1) is 0 Å². The molecular formula is C15H16N2O3. The molecule has 0 aliphatic carbocycles. The first kappa shape index (κ1) is 12.7. The van der Waals surface area contributed by atoms with Crippen LogP contribution < -0.4 is 5.32 Å². The Morgan fingerprint density at radius 1 is 1.40 bits per heavy atom. The quantitative estimate of drug-likeness (QED) is 0.829. The number of aromatic nitrogens is 1. The number of para-hydroxylation sites is 1. The van der Waals surface area contributed by atoms with Crippen molar-refractivity contribution in [2.75, 3.05) is 6.61 Å². The molecule has 2 heterocycles. The number of aromatic amines is 1. The van der Waals surface area contributed by atoms with Crippen LogP contribution in [0.5, 0.6) is 0 Å². The molecule has 2 N–H and O–H groups in total. The molecule has 0 radical (unpaired) electrons. The topological polar surface area (TPSA) is 71.2 Å². The van der Waals surface area contributed by atoms with E-state index < -0.39 is 6.04 Å². The van der Waals surface area contributed by atoms with Crippen molar-refractivity contribution in [1.82, 2.24) is 10.3 Å². The third-order valence-corrected chi connectivity index (χ3v) is 3.57. The van der Waals surface area contributed by atoms with Crippen molar-refractivity contribution in [3.05, 3.63) is 36.0 Å². The van der Waals surface area contributed by atoms with Crippen LogP contribution >= 0.6 is 0 Å². The molecule has 1 unspecified atom stereocenters. The number of H-pyrrole nitrogens is 1. The number of hydrogen-bond donors (Lipinski definition) is 2. The second-order valence-electron chi connectivity index (χ2n) is 4.94. The van der Waals surface area contributed by atoms with Gasteiger partial charge in [-0.2, -0.15) is 0 Å². The van der Waals surface area contributed by atoms with Gasteiger partial charge >= 0.3 is 5.97 Å². The summed E-state index contributed by atoms with van der Waals surface area (Å²) < 4.78 is 4.82. The Hall–Kier alpha value is -2.30. The van der Waals surface area contributed by atoms with Gasteiger partial charge in [0.05, 0.1) is 6.61 Å². The Bertz CT molecular complexity index is 647. The zero-order chi connectivity index (χ0) is 13.9. The molecule has 0 spiro atoms. The van der Waals surface area contributed by atoms with Gasteiger partial charge in [-0.05, 0) is 18.1 Å². The highest BCUT2D eigenvalue weighted by Crippen LogP contribution is 2.19. The zero-order valence-electron chi connectivity index (χ0n) is 11.0. The number of amides is 1. The lowest BCUT2D eigenvalue weighted by atomic mass is 10.1. The summed E-state index contributed by atoms with van der Waals surface area (Å²) in [6, 6.07) is 7.53. The van der Waals surface area contributed by atoms with Crippen LogP contribution in [0, 0.1) is 0 Å². The van der Waals surface area contributed by atoms with Crippen molar-refractivity contribution in [3.63, 3.8) is 0 Å². The van der Waals surface area contributed by atoms with Crippen LogP contribution in [0.15, 0.2) is 30.5 Å². The van der Waals surface area contributed by atoms with Crippen LogP contribution in [0.4, 0.5) is 0 Å². The molecule has 104 valence electrons. The van der Waals surface area contributed by atoms with Gasteiger partial charge in [-0.3, -0.25) is 4.79 Å². The second kappa shape index (κ2) is 5.36. The first-order valence-electron chi connectivity index (χ1n) is 6.75. The third kappa shape index (κ3) is 2.52. The summed E-state index contributed by atoms with van der Waals surface area (Å²) in [5.74, 6) is -0.440. The fourth-order valence-corrected chi connectivity index (χ4v) is 2.48. The highest BCUT2D eigenvalue weighted by Gasteiger charge is 2.27. The number of carbonyl (C=O) groups excluding carboxylic acids is 2. The number of ether oxygens (including phenoxy) is 1. The predicted octanol–water partition coefficient (Wildman–Crippen LogP) is 1.53. The van der Waals surface area contributed by atoms with E-state index in [2.05, 4.69) is 10.3 Å². The van der Waals surface area contributed by atoms with E-state index in [0.717, 1.165) is 16.5 Å². The molecule has 1 amide bonds. The maximum atomic E-state index is 11.8. The minimum atomic E-state index is -0.467. The maximum absolute atomic E-state index is 11.8. The second-order valence-corrected chi connectivity index (χ2v) is 4.94. The predicted molar refractivity (Wildman–Crippen MR) is 74.1 cm³/mol. The number of benzene rings is 1. The van der Waals surface area contributed by atoms with Gasteiger partial charge in [0.25, 0.3) is 0 Å². The van der Waals surface area contributed by atoms with Crippen molar-refractivity contribution >= 4 is 22.8 Å². The first-order valence-corrected chi connectivity index (χ1v) is 6.75. The fourth-order valence-electron chi connectivity index (χ4n) is 2.48. The summed E-state index contributed by atoms with van der Waals surface area (Å²) in [5.41, 5.74) is 2.19. The van der Waals surface area contributed by atoms with Crippen molar-refractivity contribution in [1.29, 1.82) is 0 Å². The van der Waals surface area contributed by atoms with E-state index in [-0.39, 0.29) is 11.9 Å². The molecule has 0 saturated carbocycles. The molecule has 0 bridgehead atoms. The average Bonchev–Trinajstić information content (AvgIpc) is 3.04. The lowest BCUT2D eigenvalue weighted by Gasteiger charge is -2.08. The molecule has 20 heavy (non-hydrogen) atoms. The van der Waals surface area contributed by atoms with Gasteiger partial charge in [-0.1, -0.05) is 18.2 Å². The van der Waals surface area contributed by atoms with Crippen molar-refractivity contribution in [2.24, 2.45) is 0 Å². The molecule has 1 aliphatic heterocycles. The maximum Gasteiger partial charge on any atom is 0.328 e. The minimum absolute atomic E-state index is 0.112. The van der Waals surface area contributed by atoms with Gasteiger partial charge in [0, 0.05) is 29.9 Å². The number of nitrogens with one attached hydrogen (secondary N) is 2. The molecule has 1 fully saturated rings.